The monoisotopic (exact) mass is 443 g/mol. The van der Waals surface area contributed by atoms with Crippen molar-refractivity contribution in [1.29, 1.82) is 0 Å². The van der Waals surface area contributed by atoms with Crippen molar-refractivity contribution in [2.24, 2.45) is 0 Å². The minimum absolute atomic E-state index is 0.106. The SMILES string of the molecule is CN(C)c1ccc(P)cc1.C[C-](C)C.C[C-](C)C.[Cl][Pd-][Cl]. The van der Waals surface area contributed by atoms with Crippen molar-refractivity contribution in [3.63, 3.8) is 0 Å². The average Bonchev–Trinajstić information content (AvgIpc) is 2.28. The van der Waals surface area contributed by atoms with Crippen LogP contribution < -0.4 is 10.2 Å². The van der Waals surface area contributed by atoms with Crippen molar-refractivity contribution in [2.45, 2.75) is 41.5 Å². The molecule has 131 valence electrons. The first-order valence-corrected chi connectivity index (χ1v) is 11.0. The molecule has 0 radical (unpaired) electrons. The van der Waals surface area contributed by atoms with Crippen molar-refractivity contribution < 1.29 is 15.9 Å². The summed E-state index contributed by atoms with van der Waals surface area (Å²) < 4.78 is 0. The fourth-order valence-corrected chi connectivity index (χ4v) is 0.965. The number of rotatable bonds is 1. The van der Waals surface area contributed by atoms with Gasteiger partial charge in [0.05, 0.1) is 0 Å². The van der Waals surface area contributed by atoms with Gasteiger partial charge in [-0.2, -0.15) is 41.5 Å². The molecule has 0 saturated carbocycles. The van der Waals surface area contributed by atoms with Crippen LogP contribution in [0.5, 0.6) is 0 Å². The van der Waals surface area contributed by atoms with Crippen LogP contribution in [-0.2, 0) is 15.9 Å². The summed E-state index contributed by atoms with van der Waals surface area (Å²) in [6.07, 6.45) is 0. The Morgan fingerprint density at radius 1 is 0.857 bits per heavy atom. The summed E-state index contributed by atoms with van der Waals surface area (Å²) in [5, 5.41) is 1.23. The number of anilines is 1. The van der Waals surface area contributed by atoms with Crippen molar-refractivity contribution in [2.75, 3.05) is 19.0 Å². The van der Waals surface area contributed by atoms with Crippen LogP contribution in [0.3, 0.4) is 0 Å². The van der Waals surface area contributed by atoms with Crippen molar-refractivity contribution in [3.05, 3.63) is 36.1 Å². The van der Waals surface area contributed by atoms with Crippen LogP contribution in [0, 0.1) is 11.8 Å². The van der Waals surface area contributed by atoms with Gasteiger partial charge in [-0.25, -0.2) is 0 Å². The molecule has 1 aromatic carbocycles. The molecule has 1 rings (SSSR count). The van der Waals surface area contributed by atoms with E-state index in [1.165, 1.54) is 22.8 Å². The molecule has 0 fully saturated rings. The second-order valence-corrected chi connectivity index (χ2v) is 8.56. The van der Waals surface area contributed by atoms with E-state index in [9.17, 15) is 0 Å². The molecule has 0 bridgehead atoms. The number of nitrogens with zero attached hydrogens (tertiary/aromatic N) is 1. The molecule has 21 heavy (non-hydrogen) atoms. The maximum atomic E-state index is 4.81. The first-order valence-electron chi connectivity index (χ1n) is 6.47. The first-order chi connectivity index (χ1) is 9.58. The first kappa shape index (κ1) is 26.6. The Kier molecular flexibility index (Phi) is 23.7. The summed E-state index contributed by atoms with van der Waals surface area (Å²) >= 11 is -0.106. The third-order valence-corrected chi connectivity index (χ3v) is 1.79. The summed E-state index contributed by atoms with van der Waals surface area (Å²) in [6, 6.07) is 8.37. The van der Waals surface area contributed by atoms with E-state index in [0.717, 1.165) is 0 Å². The van der Waals surface area contributed by atoms with E-state index in [1.54, 1.807) is 0 Å². The van der Waals surface area contributed by atoms with Crippen LogP contribution in [0.15, 0.2) is 24.3 Å². The van der Waals surface area contributed by atoms with Gasteiger partial charge in [-0.15, -0.1) is 9.24 Å². The van der Waals surface area contributed by atoms with Gasteiger partial charge in [0.1, 0.15) is 0 Å². The topological polar surface area (TPSA) is 3.24 Å². The molecule has 0 heterocycles. The molecule has 0 N–H and O–H groups in total. The van der Waals surface area contributed by atoms with Gasteiger partial charge >= 0.3 is 35.0 Å². The van der Waals surface area contributed by atoms with E-state index in [1.807, 2.05) is 14.1 Å². The normalized spacial score (nSPS) is 9.00. The molecular formula is C16H30Cl2NPPd-3. The van der Waals surface area contributed by atoms with Crippen LogP contribution in [-0.4, -0.2) is 14.1 Å². The summed E-state index contributed by atoms with van der Waals surface area (Å²) in [4.78, 5) is 2.09. The number of benzene rings is 1. The van der Waals surface area contributed by atoms with E-state index in [0.29, 0.717) is 0 Å². The second-order valence-electron chi connectivity index (χ2n) is 5.53. The van der Waals surface area contributed by atoms with E-state index in [-0.39, 0.29) is 15.9 Å². The van der Waals surface area contributed by atoms with Crippen LogP contribution in [0.25, 0.3) is 0 Å². The molecule has 1 atom stereocenters. The molecule has 1 unspecified atom stereocenters. The minimum atomic E-state index is -0.106. The number of halogens is 2. The number of hydrogen-bond acceptors (Lipinski definition) is 1. The fraction of sp³-hybridized carbons (Fsp3) is 0.500. The Hall–Kier alpha value is 0.692. The van der Waals surface area contributed by atoms with Gasteiger partial charge in [-0.1, -0.05) is 12.1 Å². The van der Waals surface area contributed by atoms with Gasteiger partial charge in [0, 0.05) is 19.8 Å². The standard InChI is InChI=1S/C8H12NP.2C4H9.2ClH.Pd/c1-9(2)7-3-5-8(10)6-4-7;2*1-4(2)3;;;/h3-6H,10H2,1-2H3;2*1-3H3;2*1H;/q;2*-1;;;+1/p-2. The predicted octanol–water partition coefficient (Wildman–Crippen LogP) is 5.87. The Balaban J connectivity index is -0.000000247. The van der Waals surface area contributed by atoms with Gasteiger partial charge < -0.3 is 16.7 Å². The molecule has 0 aliphatic carbocycles. The average molecular weight is 445 g/mol. The summed E-state index contributed by atoms with van der Waals surface area (Å²) in [6.45, 7) is 12.5. The second kappa shape index (κ2) is 18.7. The zero-order chi connectivity index (χ0) is 17.4. The quantitative estimate of drug-likeness (QED) is 0.297. The molecule has 0 spiro atoms. The summed E-state index contributed by atoms with van der Waals surface area (Å²) in [5.41, 5.74) is 1.24. The third-order valence-electron chi connectivity index (χ3n) is 1.41. The fourth-order valence-electron chi connectivity index (χ4n) is 0.772. The van der Waals surface area contributed by atoms with Crippen LogP contribution in [0.1, 0.15) is 41.5 Å². The van der Waals surface area contributed by atoms with E-state index in [4.69, 9.17) is 19.1 Å². The maximum absolute atomic E-state index is 4.81. The van der Waals surface area contributed by atoms with Gasteiger partial charge in [0.25, 0.3) is 0 Å². The molecule has 0 amide bonds. The van der Waals surface area contributed by atoms with E-state index < -0.39 is 0 Å². The number of hydrogen-bond donors (Lipinski definition) is 0. The van der Waals surface area contributed by atoms with Crippen LogP contribution >= 0.6 is 28.3 Å². The molecule has 1 aromatic rings. The Morgan fingerprint density at radius 3 is 1.29 bits per heavy atom. The molecule has 0 aliphatic heterocycles. The van der Waals surface area contributed by atoms with Gasteiger partial charge in [-0.3, -0.25) is 0 Å². The summed E-state index contributed by atoms with van der Waals surface area (Å²) in [5.74, 6) is 2.83. The Bertz CT molecular complexity index is 292. The predicted molar refractivity (Wildman–Crippen MR) is 102 cm³/mol. The Labute approximate surface area is 151 Å². The molecule has 0 aliphatic rings. The van der Waals surface area contributed by atoms with Gasteiger partial charge in [-0.05, 0) is 17.4 Å². The zero-order valence-electron chi connectivity index (χ0n) is 14.4. The Morgan fingerprint density at radius 2 is 1.10 bits per heavy atom. The molecule has 5 heteroatoms. The van der Waals surface area contributed by atoms with Gasteiger partial charge in [0.2, 0.25) is 0 Å². The summed E-state index contributed by atoms with van der Waals surface area (Å²) in [7, 11) is 16.4. The van der Waals surface area contributed by atoms with Gasteiger partial charge in [0.15, 0.2) is 0 Å². The zero-order valence-corrected chi connectivity index (χ0v) is 18.6. The van der Waals surface area contributed by atoms with Crippen molar-refractivity contribution >= 4 is 39.3 Å². The van der Waals surface area contributed by atoms with E-state index in [2.05, 4.69) is 79.9 Å². The van der Waals surface area contributed by atoms with Crippen LogP contribution in [0.4, 0.5) is 5.69 Å². The third kappa shape index (κ3) is 33.5. The molecular weight excluding hydrogens is 414 g/mol. The molecule has 0 aromatic heterocycles. The van der Waals surface area contributed by atoms with E-state index >= 15 is 0 Å². The van der Waals surface area contributed by atoms with Crippen molar-refractivity contribution in [1.82, 2.24) is 0 Å². The molecule has 0 saturated heterocycles. The molecule has 1 nitrogen and oxygen atoms in total. The van der Waals surface area contributed by atoms with Crippen LogP contribution in [0.2, 0.25) is 0 Å². The van der Waals surface area contributed by atoms with Crippen molar-refractivity contribution in [3.8, 4) is 0 Å².